The van der Waals surface area contributed by atoms with Crippen molar-refractivity contribution >= 4 is 5.91 Å². The van der Waals surface area contributed by atoms with Gasteiger partial charge >= 0.3 is 6.18 Å². The molecule has 0 spiro atoms. The zero-order valence-corrected chi connectivity index (χ0v) is 12.1. The van der Waals surface area contributed by atoms with Crippen molar-refractivity contribution in [2.45, 2.75) is 45.1 Å². The van der Waals surface area contributed by atoms with Crippen LogP contribution in [0.15, 0.2) is 24.3 Å². The number of nitrogens with one attached hydrogen (secondary N) is 1. The van der Waals surface area contributed by atoms with E-state index in [-0.39, 0.29) is 11.5 Å². The van der Waals surface area contributed by atoms with E-state index in [1.807, 2.05) is 13.8 Å². The van der Waals surface area contributed by atoms with Gasteiger partial charge in [0.15, 0.2) is 0 Å². The van der Waals surface area contributed by atoms with Gasteiger partial charge in [0, 0.05) is 12.1 Å². The molecule has 0 aromatic heterocycles. The van der Waals surface area contributed by atoms with E-state index in [9.17, 15) is 18.0 Å². The minimum absolute atomic E-state index is 0.114. The number of alkyl halides is 3. The lowest BCUT2D eigenvalue weighted by Crippen LogP contribution is -2.32. The van der Waals surface area contributed by atoms with Crippen LogP contribution >= 0.6 is 0 Å². The normalized spacial score (nSPS) is 22.9. The second-order valence-electron chi connectivity index (χ2n) is 5.15. The van der Waals surface area contributed by atoms with E-state index in [2.05, 4.69) is 5.32 Å². The fourth-order valence-electron chi connectivity index (χ4n) is 2.70. The highest BCUT2D eigenvalue weighted by Crippen LogP contribution is 2.37. The first-order chi connectivity index (χ1) is 9.90. The Morgan fingerprint density at radius 1 is 1.24 bits per heavy atom. The molecule has 1 saturated heterocycles. The van der Waals surface area contributed by atoms with Crippen molar-refractivity contribution in [3.05, 3.63) is 35.4 Å². The van der Waals surface area contributed by atoms with Crippen molar-refractivity contribution in [2.75, 3.05) is 6.54 Å². The van der Waals surface area contributed by atoms with Crippen molar-refractivity contribution < 1.29 is 18.0 Å². The van der Waals surface area contributed by atoms with Crippen LogP contribution in [0.5, 0.6) is 0 Å². The van der Waals surface area contributed by atoms with Crippen molar-refractivity contribution in [1.82, 2.24) is 10.2 Å². The molecule has 1 aromatic rings. The maximum absolute atomic E-state index is 13.2. The van der Waals surface area contributed by atoms with Crippen LogP contribution < -0.4 is 5.32 Å². The first-order valence-corrected chi connectivity index (χ1v) is 7.12. The summed E-state index contributed by atoms with van der Waals surface area (Å²) < 4.78 is 39.5. The van der Waals surface area contributed by atoms with Gasteiger partial charge in [0.1, 0.15) is 6.17 Å². The van der Waals surface area contributed by atoms with Crippen LogP contribution in [-0.4, -0.2) is 23.4 Å². The van der Waals surface area contributed by atoms with Crippen LogP contribution in [0.2, 0.25) is 0 Å². The predicted octanol–water partition coefficient (Wildman–Crippen LogP) is 3.32. The van der Waals surface area contributed by atoms with Crippen LogP contribution in [0.3, 0.4) is 0 Å². The molecule has 1 aliphatic rings. The van der Waals surface area contributed by atoms with Gasteiger partial charge in [0.05, 0.1) is 11.6 Å². The summed E-state index contributed by atoms with van der Waals surface area (Å²) in [6.07, 6.45) is -3.87. The second-order valence-corrected chi connectivity index (χ2v) is 5.15. The number of hydrogen-bond acceptors (Lipinski definition) is 2. The summed E-state index contributed by atoms with van der Waals surface area (Å²) in [6, 6.07) is 5.02. The Kier molecular flexibility index (Phi) is 4.56. The lowest BCUT2D eigenvalue weighted by Gasteiger charge is -2.26. The minimum Gasteiger partial charge on any atom is -0.322 e. The molecule has 6 heteroatoms. The SMILES string of the molecule is CCCN1C(=O)C(CC)NC1c1ccccc1C(F)(F)F. The van der Waals surface area contributed by atoms with Gasteiger partial charge in [0.25, 0.3) is 0 Å². The van der Waals surface area contributed by atoms with Crippen molar-refractivity contribution in [3.8, 4) is 0 Å². The molecule has 1 heterocycles. The molecule has 2 atom stereocenters. The maximum Gasteiger partial charge on any atom is 0.416 e. The van der Waals surface area contributed by atoms with Crippen molar-refractivity contribution in [2.24, 2.45) is 0 Å². The summed E-state index contributed by atoms with van der Waals surface area (Å²) in [5.74, 6) is -0.124. The van der Waals surface area contributed by atoms with Gasteiger partial charge in [-0.05, 0) is 18.9 Å². The van der Waals surface area contributed by atoms with Crippen LogP contribution in [0.4, 0.5) is 13.2 Å². The molecule has 1 aromatic carbocycles. The molecular formula is C15H19F3N2O. The monoisotopic (exact) mass is 300 g/mol. The number of rotatable bonds is 4. The summed E-state index contributed by atoms with van der Waals surface area (Å²) in [5, 5.41) is 3.03. The van der Waals surface area contributed by atoms with Gasteiger partial charge in [-0.1, -0.05) is 32.0 Å². The van der Waals surface area contributed by atoms with E-state index in [1.165, 1.54) is 17.0 Å². The highest BCUT2D eigenvalue weighted by Gasteiger charge is 2.42. The highest BCUT2D eigenvalue weighted by molar-refractivity contribution is 5.84. The van der Waals surface area contributed by atoms with Crippen molar-refractivity contribution in [1.29, 1.82) is 0 Å². The van der Waals surface area contributed by atoms with Gasteiger partial charge in [-0.2, -0.15) is 13.2 Å². The molecule has 1 N–H and O–H groups in total. The molecule has 2 unspecified atom stereocenters. The standard InChI is InChI=1S/C15H19F3N2O/c1-3-9-20-13(19-12(4-2)14(20)21)10-7-5-6-8-11(10)15(16,17)18/h5-8,12-13,19H,3-4,9H2,1-2H3. The molecule has 0 radical (unpaired) electrons. The maximum atomic E-state index is 13.2. The molecule has 21 heavy (non-hydrogen) atoms. The molecule has 116 valence electrons. The van der Waals surface area contributed by atoms with Crippen LogP contribution in [0.25, 0.3) is 0 Å². The Morgan fingerprint density at radius 2 is 1.90 bits per heavy atom. The molecule has 0 saturated carbocycles. The fraction of sp³-hybridized carbons (Fsp3) is 0.533. The van der Waals surface area contributed by atoms with E-state index in [0.717, 1.165) is 6.07 Å². The smallest absolute Gasteiger partial charge is 0.322 e. The Hall–Kier alpha value is -1.56. The molecule has 3 nitrogen and oxygen atoms in total. The summed E-state index contributed by atoms with van der Waals surface area (Å²) in [7, 11) is 0. The second kappa shape index (κ2) is 6.05. The average molecular weight is 300 g/mol. The van der Waals surface area contributed by atoms with E-state index in [4.69, 9.17) is 0 Å². The number of carbonyl (C=O) groups is 1. The number of amides is 1. The third kappa shape index (κ3) is 3.05. The largest absolute Gasteiger partial charge is 0.416 e. The van der Waals surface area contributed by atoms with Gasteiger partial charge in [-0.25, -0.2) is 0 Å². The highest BCUT2D eigenvalue weighted by atomic mass is 19.4. The molecule has 0 aliphatic carbocycles. The topological polar surface area (TPSA) is 32.3 Å². The van der Waals surface area contributed by atoms with Gasteiger partial charge in [-0.3, -0.25) is 10.1 Å². The van der Waals surface area contributed by atoms with E-state index >= 15 is 0 Å². The predicted molar refractivity (Wildman–Crippen MR) is 73.4 cm³/mol. The van der Waals surface area contributed by atoms with Gasteiger partial charge in [0.2, 0.25) is 5.91 Å². The third-order valence-electron chi connectivity index (χ3n) is 3.69. The fourth-order valence-corrected chi connectivity index (χ4v) is 2.70. The van der Waals surface area contributed by atoms with E-state index in [1.54, 1.807) is 6.07 Å². The number of carbonyl (C=O) groups excluding carboxylic acids is 1. The summed E-state index contributed by atoms with van der Waals surface area (Å²) >= 11 is 0. The van der Waals surface area contributed by atoms with Crippen molar-refractivity contribution in [3.63, 3.8) is 0 Å². The Labute approximate surface area is 122 Å². The summed E-state index contributed by atoms with van der Waals surface area (Å²) in [6.45, 7) is 4.19. The van der Waals surface area contributed by atoms with Crippen LogP contribution in [0, 0.1) is 0 Å². The summed E-state index contributed by atoms with van der Waals surface area (Å²) in [4.78, 5) is 13.8. The Bertz CT molecular complexity index is 516. The molecular weight excluding hydrogens is 281 g/mol. The lowest BCUT2D eigenvalue weighted by molar-refractivity contribution is -0.139. The van der Waals surface area contributed by atoms with Crippen LogP contribution in [0.1, 0.15) is 44.0 Å². The van der Waals surface area contributed by atoms with E-state index < -0.39 is 23.9 Å². The summed E-state index contributed by atoms with van der Waals surface area (Å²) in [5.41, 5.74) is -0.573. The minimum atomic E-state index is -4.43. The molecule has 0 bridgehead atoms. The molecule has 2 rings (SSSR count). The van der Waals surface area contributed by atoms with Crippen LogP contribution in [-0.2, 0) is 11.0 Å². The lowest BCUT2D eigenvalue weighted by atomic mass is 10.0. The molecule has 1 aliphatic heterocycles. The first-order valence-electron chi connectivity index (χ1n) is 7.12. The molecule has 1 fully saturated rings. The number of nitrogens with zero attached hydrogens (tertiary/aromatic N) is 1. The van der Waals surface area contributed by atoms with Gasteiger partial charge in [-0.15, -0.1) is 0 Å². The third-order valence-corrected chi connectivity index (χ3v) is 3.69. The number of hydrogen-bond donors (Lipinski definition) is 1. The first kappa shape index (κ1) is 15.8. The number of benzene rings is 1. The number of halogens is 3. The van der Waals surface area contributed by atoms with E-state index in [0.29, 0.717) is 19.4 Å². The quantitative estimate of drug-likeness (QED) is 0.925. The molecule has 1 amide bonds. The Morgan fingerprint density at radius 3 is 2.48 bits per heavy atom. The average Bonchev–Trinajstić information content (AvgIpc) is 2.75. The van der Waals surface area contributed by atoms with Gasteiger partial charge < -0.3 is 4.90 Å². The Balaban J connectivity index is 2.43. The zero-order valence-electron chi connectivity index (χ0n) is 12.1. The zero-order chi connectivity index (χ0) is 15.6.